The van der Waals surface area contributed by atoms with Crippen LogP contribution in [0.5, 0.6) is 0 Å². The molecule has 0 amide bonds. The Morgan fingerprint density at radius 3 is 2.63 bits per heavy atom. The molecule has 106 valence electrons. The lowest BCUT2D eigenvalue weighted by Gasteiger charge is -2.46. The van der Waals surface area contributed by atoms with Crippen molar-refractivity contribution in [1.29, 1.82) is 0 Å². The number of rotatable bonds is 2. The highest BCUT2D eigenvalue weighted by Gasteiger charge is 2.40. The van der Waals surface area contributed by atoms with Gasteiger partial charge in [0, 0.05) is 10.0 Å². The van der Waals surface area contributed by atoms with Gasteiger partial charge in [-0.15, -0.1) is 0 Å². The van der Waals surface area contributed by atoms with Crippen molar-refractivity contribution in [3.05, 3.63) is 34.1 Å². The average Bonchev–Trinajstić information content (AvgIpc) is 2.18. The predicted molar refractivity (Wildman–Crippen MR) is 81.5 cm³/mol. The number of halogens is 2. The van der Waals surface area contributed by atoms with Crippen molar-refractivity contribution in [2.75, 3.05) is 0 Å². The molecule has 0 aromatic heterocycles. The van der Waals surface area contributed by atoms with E-state index in [-0.39, 0.29) is 11.4 Å². The van der Waals surface area contributed by atoms with E-state index in [2.05, 4.69) is 36.7 Å². The average molecular weight is 328 g/mol. The van der Waals surface area contributed by atoms with Crippen LogP contribution in [0.3, 0.4) is 0 Å². The molecule has 3 heteroatoms. The summed E-state index contributed by atoms with van der Waals surface area (Å²) in [5.74, 6) is 0.437. The largest absolute Gasteiger partial charge is 0.325 e. The van der Waals surface area contributed by atoms with Crippen LogP contribution in [-0.4, -0.2) is 5.54 Å². The van der Waals surface area contributed by atoms with Gasteiger partial charge in [0.2, 0.25) is 0 Å². The van der Waals surface area contributed by atoms with Gasteiger partial charge in [0.1, 0.15) is 5.82 Å². The summed E-state index contributed by atoms with van der Waals surface area (Å²) in [5, 5.41) is 0. The Morgan fingerprint density at radius 2 is 2.05 bits per heavy atom. The van der Waals surface area contributed by atoms with Crippen LogP contribution in [0.4, 0.5) is 4.39 Å². The summed E-state index contributed by atoms with van der Waals surface area (Å²) in [6.45, 7) is 6.87. The number of hydrogen-bond acceptors (Lipinski definition) is 1. The first-order chi connectivity index (χ1) is 8.69. The zero-order valence-electron chi connectivity index (χ0n) is 12.0. The van der Waals surface area contributed by atoms with Gasteiger partial charge < -0.3 is 5.73 Å². The number of hydrogen-bond donors (Lipinski definition) is 1. The molecule has 2 atom stereocenters. The fourth-order valence-corrected chi connectivity index (χ4v) is 4.48. The molecule has 0 spiro atoms. The van der Waals surface area contributed by atoms with E-state index < -0.39 is 0 Å². The lowest BCUT2D eigenvalue weighted by molar-refractivity contribution is 0.108. The minimum Gasteiger partial charge on any atom is -0.325 e. The Bertz CT molecular complexity index is 472. The molecule has 1 fully saturated rings. The molecule has 19 heavy (non-hydrogen) atoms. The first-order valence-corrected chi connectivity index (χ1v) is 7.71. The van der Waals surface area contributed by atoms with Crippen molar-refractivity contribution in [3.8, 4) is 0 Å². The predicted octanol–water partition coefficient (Wildman–Crippen LogP) is 4.67. The number of benzene rings is 1. The first-order valence-electron chi connectivity index (χ1n) is 6.92. The smallest absolute Gasteiger partial charge is 0.124 e. The van der Waals surface area contributed by atoms with E-state index in [1.807, 2.05) is 6.07 Å². The minimum absolute atomic E-state index is 0.179. The standard InChI is InChI=1S/C16H23BrFN/c1-11-7-15(2,3)10-16(19,8-11)9-12-4-5-13(18)6-14(12)17/h4-6,11H,7-10,19H2,1-3H3. The van der Waals surface area contributed by atoms with Gasteiger partial charge in [-0.1, -0.05) is 42.8 Å². The molecule has 2 unspecified atom stereocenters. The van der Waals surface area contributed by atoms with Crippen LogP contribution < -0.4 is 5.73 Å². The third-order valence-electron chi connectivity index (χ3n) is 4.04. The third-order valence-corrected chi connectivity index (χ3v) is 4.78. The second-order valence-corrected chi connectivity index (χ2v) is 7.98. The molecule has 1 nitrogen and oxygen atoms in total. The van der Waals surface area contributed by atoms with E-state index in [0.717, 1.165) is 29.3 Å². The van der Waals surface area contributed by atoms with Crippen LogP contribution in [-0.2, 0) is 6.42 Å². The lowest BCUT2D eigenvalue weighted by atomic mass is 9.63. The zero-order chi connectivity index (χ0) is 14.3. The molecule has 0 saturated heterocycles. The summed E-state index contributed by atoms with van der Waals surface area (Å²) >= 11 is 3.45. The Balaban J connectivity index is 2.21. The molecule has 1 aliphatic carbocycles. The molecular formula is C16H23BrFN. The second-order valence-electron chi connectivity index (χ2n) is 7.13. The van der Waals surface area contributed by atoms with Gasteiger partial charge in [0.15, 0.2) is 0 Å². The van der Waals surface area contributed by atoms with Crippen molar-refractivity contribution < 1.29 is 4.39 Å². The van der Waals surface area contributed by atoms with Crippen LogP contribution >= 0.6 is 15.9 Å². The molecule has 1 aromatic rings. The normalized spacial score (nSPS) is 30.3. The molecule has 0 heterocycles. The van der Waals surface area contributed by atoms with Crippen molar-refractivity contribution in [1.82, 2.24) is 0 Å². The summed E-state index contributed by atoms with van der Waals surface area (Å²) < 4.78 is 14.0. The van der Waals surface area contributed by atoms with Gasteiger partial charge in [0.25, 0.3) is 0 Å². The molecular weight excluding hydrogens is 305 g/mol. The first kappa shape index (κ1) is 15.0. The molecule has 1 aromatic carbocycles. The van der Waals surface area contributed by atoms with Gasteiger partial charge in [-0.2, -0.15) is 0 Å². The summed E-state index contributed by atoms with van der Waals surface area (Å²) in [5.41, 5.74) is 7.87. The summed E-state index contributed by atoms with van der Waals surface area (Å²) in [6.07, 6.45) is 4.10. The Morgan fingerprint density at radius 1 is 1.37 bits per heavy atom. The monoisotopic (exact) mass is 327 g/mol. The summed E-state index contributed by atoms with van der Waals surface area (Å²) in [4.78, 5) is 0. The Hall–Kier alpha value is -0.410. The fourth-order valence-electron chi connectivity index (χ4n) is 3.99. The molecule has 2 N–H and O–H groups in total. The van der Waals surface area contributed by atoms with E-state index in [4.69, 9.17) is 5.73 Å². The topological polar surface area (TPSA) is 26.0 Å². The van der Waals surface area contributed by atoms with Crippen LogP contribution in [0, 0.1) is 17.2 Å². The van der Waals surface area contributed by atoms with Crippen molar-refractivity contribution >= 4 is 15.9 Å². The van der Waals surface area contributed by atoms with Crippen LogP contribution in [0.1, 0.15) is 45.6 Å². The maximum atomic E-state index is 13.1. The Kier molecular flexibility index (Phi) is 4.08. The van der Waals surface area contributed by atoms with Crippen molar-refractivity contribution in [2.24, 2.45) is 17.1 Å². The van der Waals surface area contributed by atoms with Gasteiger partial charge in [-0.25, -0.2) is 4.39 Å². The maximum absolute atomic E-state index is 13.1. The van der Waals surface area contributed by atoms with E-state index in [1.165, 1.54) is 18.6 Å². The quantitative estimate of drug-likeness (QED) is 0.838. The van der Waals surface area contributed by atoms with Crippen molar-refractivity contribution in [2.45, 2.75) is 52.0 Å². The molecule has 2 rings (SSSR count). The zero-order valence-corrected chi connectivity index (χ0v) is 13.6. The highest BCUT2D eigenvalue weighted by molar-refractivity contribution is 9.10. The maximum Gasteiger partial charge on any atom is 0.124 e. The fraction of sp³-hybridized carbons (Fsp3) is 0.625. The van der Waals surface area contributed by atoms with E-state index >= 15 is 0 Å². The Labute approximate surface area is 123 Å². The van der Waals surface area contributed by atoms with E-state index in [0.29, 0.717) is 11.3 Å². The van der Waals surface area contributed by atoms with Gasteiger partial charge in [-0.3, -0.25) is 0 Å². The molecule has 0 bridgehead atoms. The number of nitrogens with two attached hydrogens (primary N) is 1. The van der Waals surface area contributed by atoms with Crippen LogP contribution in [0.15, 0.2) is 22.7 Å². The summed E-state index contributed by atoms with van der Waals surface area (Å²) in [7, 11) is 0. The highest BCUT2D eigenvalue weighted by atomic mass is 79.9. The SMILES string of the molecule is CC1CC(C)(C)CC(N)(Cc2ccc(F)cc2Br)C1. The van der Waals surface area contributed by atoms with Crippen LogP contribution in [0.2, 0.25) is 0 Å². The molecule has 0 radical (unpaired) electrons. The van der Waals surface area contributed by atoms with E-state index in [1.54, 1.807) is 0 Å². The second kappa shape index (κ2) is 5.17. The third kappa shape index (κ3) is 3.79. The van der Waals surface area contributed by atoms with Gasteiger partial charge in [0.05, 0.1) is 0 Å². The van der Waals surface area contributed by atoms with E-state index in [9.17, 15) is 4.39 Å². The minimum atomic E-state index is -0.209. The van der Waals surface area contributed by atoms with Gasteiger partial charge in [-0.05, 0) is 54.7 Å². The molecule has 1 aliphatic rings. The van der Waals surface area contributed by atoms with Crippen LogP contribution in [0.25, 0.3) is 0 Å². The molecule has 1 saturated carbocycles. The van der Waals surface area contributed by atoms with Gasteiger partial charge >= 0.3 is 0 Å². The summed E-state index contributed by atoms with van der Waals surface area (Å²) in [6, 6.07) is 4.89. The highest BCUT2D eigenvalue weighted by Crippen LogP contribution is 2.44. The lowest BCUT2D eigenvalue weighted by Crippen LogP contribution is -2.50. The molecule has 0 aliphatic heterocycles. The van der Waals surface area contributed by atoms with Crippen molar-refractivity contribution in [3.63, 3.8) is 0 Å².